The lowest BCUT2D eigenvalue weighted by Gasteiger charge is -2.33. The number of benzene rings is 1. The minimum Gasteiger partial charge on any atom is -0.480 e. The summed E-state index contributed by atoms with van der Waals surface area (Å²) in [6.07, 6.45) is 2.57. The third-order valence-corrected chi connectivity index (χ3v) is 5.05. The monoisotopic (exact) mass is 302 g/mol. The Bertz CT molecular complexity index is 531. The van der Waals surface area contributed by atoms with Crippen molar-refractivity contribution in [1.29, 1.82) is 0 Å². The van der Waals surface area contributed by atoms with Crippen LogP contribution in [0.1, 0.15) is 29.5 Å². The van der Waals surface area contributed by atoms with E-state index in [2.05, 4.69) is 31.3 Å². The molecule has 2 aliphatic heterocycles. The van der Waals surface area contributed by atoms with Crippen LogP contribution in [0.3, 0.4) is 0 Å². The highest BCUT2D eigenvalue weighted by Crippen LogP contribution is 2.32. The number of amides is 1. The van der Waals surface area contributed by atoms with E-state index in [0.29, 0.717) is 12.3 Å². The molecule has 0 saturated carbocycles. The summed E-state index contributed by atoms with van der Waals surface area (Å²) in [6.45, 7) is 6.96. The average Bonchev–Trinajstić information content (AvgIpc) is 2.91. The van der Waals surface area contributed by atoms with Crippen molar-refractivity contribution in [2.75, 3.05) is 26.7 Å². The van der Waals surface area contributed by atoms with Gasteiger partial charge in [0.1, 0.15) is 5.75 Å². The zero-order valence-corrected chi connectivity index (χ0v) is 13.8. The molecule has 2 aliphatic rings. The summed E-state index contributed by atoms with van der Waals surface area (Å²) in [5, 5.41) is 3.23. The second-order valence-corrected chi connectivity index (χ2v) is 6.68. The lowest BCUT2D eigenvalue weighted by molar-refractivity contribution is -0.139. The van der Waals surface area contributed by atoms with Gasteiger partial charge in [-0.15, -0.1) is 0 Å². The van der Waals surface area contributed by atoms with Gasteiger partial charge in [0.05, 0.1) is 0 Å². The zero-order valence-electron chi connectivity index (χ0n) is 13.8. The van der Waals surface area contributed by atoms with Gasteiger partial charge in [0, 0.05) is 19.5 Å². The molecule has 1 saturated heterocycles. The number of nitrogens with zero attached hydrogens (tertiary/aromatic N) is 1. The minimum absolute atomic E-state index is 0.161. The number of likely N-dealkylation sites (tertiary alicyclic amines) is 1. The molecule has 0 aliphatic carbocycles. The highest BCUT2D eigenvalue weighted by Gasteiger charge is 2.34. The average molecular weight is 302 g/mol. The summed E-state index contributed by atoms with van der Waals surface area (Å²) in [7, 11) is 1.99. The maximum Gasteiger partial charge on any atom is 0.263 e. The van der Waals surface area contributed by atoms with Gasteiger partial charge in [0.2, 0.25) is 0 Å². The molecule has 2 heterocycles. The summed E-state index contributed by atoms with van der Waals surface area (Å²) < 4.78 is 5.93. The van der Waals surface area contributed by atoms with Gasteiger partial charge in [-0.3, -0.25) is 4.79 Å². The standard InChI is InChI=1S/C18H26N2O2/c1-12-8-15-10-17(22-16(15)9-13(12)2)18(21)20-6-4-14(5-7-20)11-19-3/h8-9,14,17,19H,4-7,10-11H2,1-3H3. The summed E-state index contributed by atoms with van der Waals surface area (Å²) in [5.74, 6) is 1.75. The van der Waals surface area contributed by atoms with Crippen LogP contribution < -0.4 is 10.1 Å². The number of ether oxygens (including phenoxy) is 1. The van der Waals surface area contributed by atoms with Gasteiger partial charge in [0.25, 0.3) is 5.91 Å². The zero-order chi connectivity index (χ0) is 15.7. The number of rotatable bonds is 3. The Morgan fingerprint density at radius 2 is 1.95 bits per heavy atom. The number of fused-ring (bicyclic) bond motifs is 1. The molecule has 3 rings (SSSR count). The molecule has 120 valence electrons. The smallest absolute Gasteiger partial charge is 0.263 e. The Labute approximate surface area is 132 Å². The Kier molecular flexibility index (Phi) is 4.39. The minimum atomic E-state index is -0.322. The van der Waals surface area contributed by atoms with Crippen molar-refractivity contribution in [2.45, 2.75) is 39.2 Å². The Morgan fingerprint density at radius 1 is 1.27 bits per heavy atom. The number of piperidine rings is 1. The molecule has 0 radical (unpaired) electrons. The maximum absolute atomic E-state index is 12.7. The van der Waals surface area contributed by atoms with Crippen LogP contribution in [0.25, 0.3) is 0 Å². The first kappa shape index (κ1) is 15.3. The van der Waals surface area contributed by atoms with Gasteiger partial charge in [-0.05, 0) is 69.0 Å². The summed E-state index contributed by atoms with van der Waals surface area (Å²) >= 11 is 0. The van der Waals surface area contributed by atoms with Gasteiger partial charge in [0.15, 0.2) is 6.10 Å². The van der Waals surface area contributed by atoms with Gasteiger partial charge in [-0.1, -0.05) is 6.07 Å². The van der Waals surface area contributed by atoms with Crippen molar-refractivity contribution in [3.63, 3.8) is 0 Å². The van der Waals surface area contributed by atoms with Crippen LogP contribution in [0.15, 0.2) is 12.1 Å². The van der Waals surface area contributed by atoms with Crippen LogP contribution in [-0.2, 0) is 11.2 Å². The Morgan fingerprint density at radius 3 is 2.64 bits per heavy atom. The van der Waals surface area contributed by atoms with Crippen LogP contribution >= 0.6 is 0 Å². The van der Waals surface area contributed by atoms with Crippen LogP contribution in [-0.4, -0.2) is 43.6 Å². The number of carbonyl (C=O) groups is 1. The SMILES string of the molecule is CNCC1CCN(C(=O)C2Cc3cc(C)c(C)cc3O2)CC1. The fourth-order valence-corrected chi connectivity index (χ4v) is 3.50. The van der Waals surface area contributed by atoms with Crippen LogP contribution in [0, 0.1) is 19.8 Å². The predicted octanol–water partition coefficient (Wildman–Crippen LogP) is 2.06. The van der Waals surface area contributed by atoms with E-state index < -0.39 is 0 Å². The summed E-state index contributed by atoms with van der Waals surface area (Å²) in [4.78, 5) is 14.7. The van der Waals surface area contributed by atoms with E-state index in [-0.39, 0.29) is 12.0 Å². The van der Waals surface area contributed by atoms with E-state index in [1.165, 1.54) is 16.7 Å². The first-order valence-electron chi connectivity index (χ1n) is 8.28. The quantitative estimate of drug-likeness (QED) is 0.929. The van der Waals surface area contributed by atoms with Crippen molar-refractivity contribution in [3.05, 3.63) is 28.8 Å². The molecule has 22 heavy (non-hydrogen) atoms. The second-order valence-electron chi connectivity index (χ2n) is 6.68. The van der Waals surface area contributed by atoms with E-state index in [1.807, 2.05) is 11.9 Å². The largest absolute Gasteiger partial charge is 0.480 e. The normalized spacial score (nSPS) is 21.6. The summed E-state index contributed by atoms with van der Waals surface area (Å²) in [5.41, 5.74) is 3.66. The molecule has 1 unspecified atom stereocenters. The molecule has 1 atom stereocenters. The molecular formula is C18H26N2O2. The molecule has 0 spiro atoms. The fourth-order valence-electron chi connectivity index (χ4n) is 3.50. The number of aryl methyl sites for hydroxylation is 2. The van der Waals surface area contributed by atoms with Gasteiger partial charge in [-0.2, -0.15) is 0 Å². The molecule has 0 bridgehead atoms. The van der Waals surface area contributed by atoms with E-state index in [4.69, 9.17) is 4.74 Å². The topological polar surface area (TPSA) is 41.6 Å². The molecule has 4 nitrogen and oxygen atoms in total. The molecule has 1 fully saturated rings. The van der Waals surface area contributed by atoms with Crippen LogP contribution in [0.4, 0.5) is 0 Å². The van der Waals surface area contributed by atoms with Crippen molar-refractivity contribution >= 4 is 5.91 Å². The maximum atomic E-state index is 12.7. The number of hydrogen-bond acceptors (Lipinski definition) is 3. The van der Waals surface area contributed by atoms with E-state index in [0.717, 1.165) is 38.2 Å². The summed E-state index contributed by atoms with van der Waals surface area (Å²) in [6, 6.07) is 4.23. The van der Waals surface area contributed by atoms with E-state index >= 15 is 0 Å². The van der Waals surface area contributed by atoms with Crippen LogP contribution in [0.2, 0.25) is 0 Å². The third-order valence-electron chi connectivity index (χ3n) is 5.05. The number of nitrogens with one attached hydrogen (secondary N) is 1. The Hall–Kier alpha value is -1.55. The second kappa shape index (κ2) is 6.29. The molecule has 1 N–H and O–H groups in total. The van der Waals surface area contributed by atoms with Crippen molar-refractivity contribution in [1.82, 2.24) is 10.2 Å². The first-order chi connectivity index (χ1) is 10.6. The molecule has 1 amide bonds. The van der Waals surface area contributed by atoms with Gasteiger partial charge in [-0.25, -0.2) is 0 Å². The lowest BCUT2D eigenvalue weighted by atomic mass is 9.96. The Balaban J connectivity index is 1.61. The van der Waals surface area contributed by atoms with Crippen LogP contribution in [0.5, 0.6) is 5.75 Å². The number of carbonyl (C=O) groups excluding carboxylic acids is 1. The molecular weight excluding hydrogens is 276 g/mol. The van der Waals surface area contributed by atoms with Gasteiger partial charge >= 0.3 is 0 Å². The first-order valence-corrected chi connectivity index (χ1v) is 8.28. The highest BCUT2D eigenvalue weighted by atomic mass is 16.5. The van der Waals surface area contributed by atoms with Gasteiger partial charge < -0.3 is 15.0 Å². The molecule has 4 heteroatoms. The van der Waals surface area contributed by atoms with Crippen molar-refractivity contribution in [2.24, 2.45) is 5.92 Å². The van der Waals surface area contributed by atoms with Crippen molar-refractivity contribution < 1.29 is 9.53 Å². The lowest BCUT2D eigenvalue weighted by Crippen LogP contribution is -2.46. The molecule has 0 aromatic heterocycles. The van der Waals surface area contributed by atoms with Crippen molar-refractivity contribution in [3.8, 4) is 5.75 Å². The predicted molar refractivity (Wildman–Crippen MR) is 87.3 cm³/mol. The molecule has 1 aromatic rings. The molecule has 1 aromatic carbocycles. The van der Waals surface area contributed by atoms with E-state index in [9.17, 15) is 4.79 Å². The highest BCUT2D eigenvalue weighted by molar-refractivity contribution is 5.82. The number of hydrogen-bond donors (Lipinski definition) is 1. The fraction of sp³-hybridized carbons (Fsp3) is 0.611. The third kappa shape index (κ3) is 2.98. The van der Waals surface area contributed by atoms with E-state index in [1.54, 1.807) is 0 Å².